The number of hydrogen-bond donors (Lipinski definition) is 1. The maximum Gasteiger partial charge on any atom is 0.269 e. The third-order valence-corrected chi connectivity index (χ3v) is 6.99. The molecule has 2 aromatic heterocycles. The van der Waals surface area contributed by atoms with Gasteiger partial charge in [-0.25, -0.2) is 9.37 Å². The van der Waals surface area contributed by atoms with Crippen molar-refractivity contribution in [1.82, 2.24) is 24.8 Å². The summed E-state index contributed by atoms with van der Waals surface area (Å²) in [6, 6.07) is 5.55. The first-order chi connectivity index (χ1) is 16.2. The van der Waals surface area contributed by atoms with Gasteiger partial charge in [0, 0.05) is 36.8 Å². The van der Waals surface area contributed by atoms with Crippen LogP contribution in [0.3, 0.4) is 0 Å². The van der Waals surface area contributed by atoms with E-state index in [2.05, 4.69) is 20.2 Å². The van der Waals surface area contributed by atoms with Crippen molar-refractivity contribution in [2.75, 3.05) is 26.3 Å². The van der Waals surface area contributed by atoms with Crippen molar-refractivity contribution in [3.05, 3.63) is 58.0 Å². The number of nitrogens with one attached hydrogen (secondary N) is 1. The molecule has 1 fully saturated rings. The molecule has 6 rings (SSSR count). The maximum atomic E-state index is 14.6. The van der Waals surface area contributed by atoms with Crippen molar-refractivity contribution in [3.63, 3.8) is 0 Å². The lowest BCUT2D eigenvalue weighted by molar-refractivity contribution is 0.126. The van der Waals surface area contributed by atoms with Crippen LogP contribution in [-0.2, 0) is 19.5 Å². The molecule has 0 amide bonds. The number of rotatable bonds is 4. The Bertz CT molecular complexity index is 1250. The van der Waals surface area contributed by atoms with Crippen molar-refractivity contribution < 1.29 is 13.9 Å². The molecule has 1 N–H and O–H groups in total. The first-order valence-electron chi connectivity index (χ1n) is 11.5. The molecule has 1 aromatic carbocycles. The predicted octanol–water partition coefficient (Wildman–Crippen LogP) is 1.88. The lowest BCUT2D eigenvalue weighted by atomic mass is 9.95. The number of piperidine rings is 1. The van der Waals surface area contributed by atoms with Gasteiger partial charge in [-0.2, -0.15) is 0 Å². The molecule has 3 aromatic rings. The van der Waals surface area contributed by atoms with Crippen LogP contribution in [0.1, 0.15) is 24.1 Å². The Morgan fingerprint density at radius 2 is 1.91 bits per heavy atom. The number of likely N-dealkylation sites (tertiary alicyclic amines) is 1. The van der Waals surface area contributed by atoms with Gasteiger partial charge >= 0.3 is 0 Å². The van der Waals surface area contributed by atoms with Crippen LogP contribution in [0.15, 0.2) is 35.4 Å². The molecule has 9 heteroatoms. The van der Waals surface area contributed by atoms with E-state index >= 15 is 0 Å². The third-order valence-electron chi connectivity index (χ3n) is 6.99. The maximum absolute atomic E-state index is 14.6. The van der Waals surface area contributed by atoms with Gasteiger partial charge in [-0.15, -0.1) is 0 Å². The summed E-state index contributed by atoms with van der Waals surface area (Å²) in [6.45, 7) is 4.19. The number of fused-ring (bicyclic) bond motifs is 1. The lowest BCUT2D eigenvalue weighted by Crippen LogP contribution is -2.50. The summed E-state index contributed by atoms with van der Waals surface area (Å²) < 4.78 is 27.5. The summed E-state index contributed by atoms with van der Waals surface area (Å²) in [4.78, 5) is 23.5. The van der Waals surface area contributed by atoms with Crippen molar-refractivity contribution in [3.8, 4) is 11.5 Å². The molecule has 1 atom stereocenters. The number of benzene rings is 1. The van der Waals surface area contributed by atoms with E-state index in [9.17, 15) is 9.18 Å². The van der Waals surface area contributed by atoms with Crippen LogP contribution in [0.25, 0.3) is 11.0 Å². The van der Waals surface area contributed by atoms with E-state index in [1.165, 1.54) is 12.3 Å². The highest BCUT2D eigenvalue weighted by molar-refractivity contribution is 5.79. The minimum absolute atomic E-state index is 0.109. The van der Waals surface area contributed by atoms with E-state index in [4.69, 9.17) is 9.47 Å². The van der Waals surface area contributed by atoms with Crippen molar-refractivity contribution in [2.45, 2.75) is 44.4 Å². The van der Waals surface area contributed by atoms with Crippen LogP contribution in [0.2, 0.25) is 0 Å². The van der Waals surface area contributed by atoms with Crippen molar-refractivity contribution in [1.29, 1.82) is 0 Å². The highest BCUT2D eigenvalue weighted by Gasteiger charge is 2.31. The Kier molecular flexibility index (Phi) is 5.22. The lowest BCUT2D eigenvalue weighted by Gasteiger charge is -2.40. The molecule has 0 bridgehead atoms. The number of nitrogens with zero attached hydrogens (tertiary/aromatic N) is 4. The SMILES string of the molecule is O=c1cnc2ccc(F)c3c2n1C[C@H](N1CCC(NCc2cc4c(cn2)OCCO4)CC1)C3. The molecule has 33 heavy (non-hydrogen) atoms. The first-order valence-corrected chi connectivity index (χ1v) is 11.5. The highest BCUT2D eigenvalue weighted by atomic mass is 19.1. The fourth-order valence-corrected chi connectivity index (χ4v) is 5.24. The molecule has 0 radical (unpaired) electrons. The monoisotopic (exact) mass is 451 g/mol. The molecule has 3 aliphatic rings. The molecule has 5 heterocycles. The van der Waals surface area contributed by atoms with Gasteiger partial charge in [0.05, 0.1) is 29.1 Å². The molecule has 0 aliphatic carbocycles. The number of ether oxygens (including phenoxy) is 2. The standard InChI is InChI=1S/C24H26FN5O3/c25-19-1-2-20-24-18(19)10-17(14-30(24)23(31)13-28-20)29-5-3-15(4-6-29)26-11-16-9-21-22(12-27-16)33-8-7-32-21/h1-2,9,12-13,15,17,26H,3-8,10-11,14H2/t17-/m1/s1. The molecular formula is C24H26FN5O3. The average molecular weight is 452 g/mol. The summed E-state index contributed by atoms with van der Waals surface area (Å²) in [5.74, 6) is 1.21. The summed E-state index contributed by atoms with van der Waals surface area (Å²) in [5.41, 5.74) is 2.71. The zero-order valence-electron chi connectivity index (χ0n) is 18.3. The van der Waals surface area contributed by atoms with Crippen LogP contribution in [-0.4, -0.2) is 57.8 Å². The average Bonchev–Trinajstić information content (AvgIpc) is 2.86. The van der Waals surface area contributed by atoms with E-state index in [0.717, 1.165) is 37.4 Å². The van der Waals surface area contributed by atoms with Gasteiger partial charge in [0.1, 0.15) is 19.0 Å². The highest BCUT2D eigenvalue weighted by Crippen LogP contribution is 2.30. The third kappa shape index (κ3) is 3.85. The summed E-state index contributed by atoms with van der Waals surface area (Å²) >= 11 is 0. The van der Waals surface area contributed by atoms with Crippen LogP contribution in [0.5, 0.6) is 11.5 Å². The molecule has 172 valence electrons. The zero-order valence-corrected chi connectivity index (χ0v) is 18.3. The summed E-state index contributed by atoms with van der Waals surface area (Å²) in [6.07, 6.45) is 5.66. The molecule has 0 spiro atoms. The molecule has 8 nitrogen and oxygen atoms in total. The van der Waals surface area contributed by atoms with Gasteiger partial charge in [0.2, 0.25) is 0 Å². The number of pyridine rings is 1. The van der Waals surface area contributed by atoms with Crippen molar-refractivity contribution in [2.24, 2.45) is 0 Å². The van der Waals surface area contributed by atoms with Gasteiger partial charge in [-0.1, -0.05) is 0 Å². The van der Waals surface area contributed by atoms with Crippen molar-refractivity contribution >= 4 is 11.0 Å². The molecular weight excluding hydrogens is 425 g/mol. The normalized spacial score (nSPS) is 20.8. The smallest absolute Gasteiger partial charge is 0.269 e. The fraction of sp³-hybridized carbons (Fsp3) is 0.458. The van der Waals surface area contributed by atoms with E-state index in [1.807, 2.05) is 6.07 Å². The Balaban J connectivity index is 1.09. The van der Waals surface area contributed by atoms with Crippen LogP contribution in [0, 0.1) is 5.82 Å². The van der Waals surface area contributed by atoms with Gasteiger partial charge < -0.3 is 19.4 Å². The number of halogens is 1. The largest absolute Gasteiger partial charge is 0.486 e. The van der Waals surface area contributed by atoms with Crippen LogP contribution in [0.4, 0.5) is 4.39 Å². The molecule has 0 unspecified atom stereocenters. The molecule has 3 aliphatic heterocycles. The van der Waals surface area contributed by atoms with E-state index < -0.39 is 0 Å². The fourth-order valence-electron chi connectivity index (χ4n) is 5.24. The Labute approximate surface area is 190 Å². The second-order valence-corrected chi connectivity index (χ2v) is 8.97. The van der Waals surface area contributed by atoms with Gasteiger partial charge in [0.15, 0.2) is 11.5 Å². The Morgan fingerprint density at radius 1 is 1.09 bits per heavy atom. The number of aromatic nitrogens is 3. The Morgan fingerprint density at radius 3 is 2.76 bits per heavy atom. The van der Waals surface area contributed by atoms with Gasteiger partial charge in [-0.05, 0) is 44.5 Å². The van der Waals surface area contributed by atoms with Crippen LogP contribution >= 0.6 is 0 Å². The predicted molar refractivity (Wildman–Crippen MR) is 120 cm³/mol. The van der Waals surface area contributed by atoms with Gasteiger partial charge in [0.25, 0.3) is 5.56 Å². The zero-order chi connectivity index (χ0) is 22.4. The topological polar surface area (TPSA) is 81.5 Å². The second kappa shape index (κ2) is 8.39. The van der Waals surface area contributed by atoms with E-state index in [-0.39, 0.29) is 17.4 Å². The summed E-state index contributed by atoms with van der Waals surface area (Å²) in [5, 5.41) is 3.61. The van der Waals surface area contributed by atoms with Crippen LogP contribution < -0.4 is 20.3 Å². The second-order valence-electron chi connectivity index (χ2n) is 8.97. The summed E-state index contributed by atoms with van der Waals surface area (Å²) in [7, 11) is 0. The van der Waals surface area contributed by atoms with E-state index in [1.54, 1.807) is 16.8 Å². The minimum atomic E-state index is -0.253. The number of hydrogen-bond acceptors (Lipinski definition) is 7. The first kappa shape index (κ1) is 20.6. The minimum Gasteiger partial charge on any atom is -0.486 e. The van der Waals surface area contributed by atoms with E-state index in [0.29, 0.717) is 61.1 Å². The Hall–Kier alpha value is -3.04. The molecule has 0 saturated carbocycles. The van der Waals surface area contributed by atoms with Gasteiger partial charge in [-0.3, -0.25) is 14.7 Å². The molecule has 1 saturated heterocycles. The quantitative estimate of drug-likeness (QED) is 0.649.